The van der Waals surface area contributed by atoms with Crippen molar-refractivity contribution in [1.29, 1.82) is 0 Å². The highest BCUT2D eigenvalue weighted by Gasteiger charge is 2.19. The molecule has 0 aliphatic carbocycles. The van der Waals surface area contributed by atoms with Crippen molar-refractivity contribution >= 4 is 17.2 Å². The number of rotatable bonds is 6. The highest BCUT2D eigenvalue weighted by Crippen LogP contribution is 2.22. The minimum absolute atomic E-state index is 0.152. The third kappa shape index (κ3) is 3.92. The minimum Gasteiger partial charge on any atom is -0.497 e. The van der Waals surface area contributed by atoms with E-state index in [1.54, 1.807) is 25.0 Å². The zero-order chi connectivity index (χ0) is 22.0. The molecule has 2 aromatic carbocycles. The number of para-hydroxylation sites is 1. The maximum Gasteiger partial charge on any atom is 0.352 e. The van der Waals surface area contributed by atoms with Crippen LogP contribution in [-0.2, 0) is 11.3 Å². The summed E-state index contributed by atoms with van der Waals surface area (Å²) >= 11 is 0. The maximum atomic E-state index is 12.9. The topological polar surface area (TPSA) is 81.7 Å². The zero-order valence-electron chi connectivity index (χ0n) is 17.6. The summed E-state index contributed by atoms with van der Waals surface area (Å²) in [5.41, 5.74) is 2.41. The first-order valence-electron chi connectivity index (χ1n) is 9.99. The number of amides is 1. The summed E-state index contributed by atoms with van der Waals surface area (Å²) in [7, 11) is 1.61. The molecule has 158 valence electrons. The number of likely N-dealkylation sites (N-methyl/N-ethyl adjacent to an activating group) is 1. The van der Waals surface area contributed by atoms with Crippen molar-refractivity contribution in [2.24, 2.45) is 0 Å². The van der Waals surface area contributed by atoms with E-state index < -0.39 is 5.69 Å². The van der Waals surface area contributed by atoms with Crippen LogP contribution in [0.4, 0.5) is 5.69 Å². The van der Waals surface area contributed by atoms with E-state index in [4.69, 9.17) is 4.74 Å². The molecule has 0 atom stereocenters. The number of hydrogen-bond donors (Lipinski definition) is 0. The number of ether oxygens (including phenoxy) is 1. The van der Waals surface area contributed by atoms with Crippen LogP contribution in [0.25, 0.3) is 16.9 Å². The Morgan fingerprint density at radius 3 is 2.45 bits per heavy atom. The van der Waals surface area contributed by atoms with Crippen molar-refractivity contribution in [3.8, 4) is 17.0 Å². The van der Waals surface area contributed by atoms with E-state index in [0.29, 0.717) is 23.7 Å². The Balaban J connectivity index is 1.68. The lowest BCUT2D eigenvalue weighted by molar-refractivity contribution is -0.119. The fraction of sp³-hybridized carbons (Fsp3) is 0.217. The van der Waals surface area contributed by atoms with Gasteiger partial charge in [0.05, 0.1) is 12.8 Å². The van der Waals surface area contributed by atoms with E-state index in [0.717, 1.165) is 17.0 Å². The van der Waals surface area contributed by atoms with E-state index in [-0.39, 0.29) is 12.5 Å². The average Bonchev–Trinajstić information content (AvgIpc) is 3.10. The molecule has 4 rings (SSSR count). The number of aromatic nitrogens is 4. The van der Waals surface area contributed by atoms with Gasteiger partial charge >= 0.3 is 5.69 Å². The lowest BCUT2D eigenvalue weighted by Crippen LogP contribution is -2.36. The Bertz CT molecular complexity index is 1280. The van der Waals surface area contributed by atoms with E-state index >= 15 is 0 Å². The lowest BCUT2D eigenvalue weighted by atomic mass is 10.1. The van der Waals surface area contributed by atoms with Crippen LogP contribution in [0.5, 0.6) is 5.75 Å². The van der Waals surface area contributed by atoms with Gasteiger partial charge in [-0.1, -0.05) is 18.2 Å². The Morgan fingerprint density at radius 1 is 1.10 bits per heavy atom. The van der Waals surface area contributed by atoms with Crippen molar-refractivity contribution in [2.75, 3.05) is 18.6 Å². The highest BCUT2D eigenvalue weighted by atomic mass is 16.5. The molecule has 0 fully saturated rings. The van der Waals surface area contributed by atoms with Crippen molar-refractivity contribution in [3.63, 3.8) is 0 Å². The molecule has 0 saturated carbocycles. The molecule has 0 unspecified atom stereocenters. The van der Waals surface area contributed by atoms with Gasteiger partial charge in [-0.2, -0.15) is 0 Å². The van der Waals surface area contributed by atoms with Gasteiger partial charge in [0.15, 0.2) is 5.65 Å². The summed E-state index contributed by atoms with van der Waals surface area (Å²) in [5, 5.41) is 4.40. The van der Waals surface area contributed by atoms with Gasteiger partial charge in [-0.25, -0.2) is 18.9 Å². The molecule has 0 N–H and O–H groups in total. The van der Waals surface area contributed by atoms with Crippen LogP contribution in [0.1, 0.15) is 12.7 Å². The summed E-state index contributed by atoms with van der Waals surface area (Å²) in [6.45, 7) is 3.98. The van der Waals surface area contributed by atoms with Gasteiger partial charge in [0, 0.05) is 23.9 Å². The molecule has 31 heavy (non-hydrogen) atoms. The second-order valence-corrected chi connectivity index (χ2v) is 7.02. The van der Waals surface area contributed by atoms with Crippen LogP contribution < -0.4 is 15.3 Å². The molecule has 0 spiro atoms. The number of methoxy groups -OCH3 is 1. The third-order valence-electron chi connectivity index (χ3n) is 5.09. The predicted octanol–water partition coefficient (Wildman–Crippen LogP) is 2.93. The molecule has 0 saturated heterocycles. The van der Waals surface area contributed by atoms with E-state index in [1.165, 1.54) is 9.08 Å². The molecule has 8 heteroatoms. The Hall–Kier alpha value is -3.94. The largest absolute Gasteiger partial charge is 0.497 e. The summed E-state index contributed by atoms with van der Waals surface area (Å²) in [4.78, 5) is 32.0. The molecule has 4 aromatic rings. The van der Waals surface area contributed by atoms with Gasteiger partial charge < -0.3 is 9.64 Å². The van der Waals surface area contributed by atoms with Crippen LogP contribution in [0.2, 0.25) is 0 Å². The average molecular weight is 417 g/mol. The van der Waals surface area contributed by atoms with E-state index in [1.807, 2.05) is 61.5 Å². The number of carbonyl (C=O) groups is 1. The fourth-order valence-corrected chi connectivity index (χ4v) is 3.54. The summed E-state index contributed by atoms with van der Waals surface area (Å²) in [6.07, 6.45) is 0. The summed E-state index contributed by atoms with van der Waals surface area (Å²) in [6, 6.07) is 18.6. The normalized spacial score (nSPS) is 10.9. The number of anilines is 1. The minimum atomic E-state index is -0.390. The van der Waals surface area contributed by atoms with Crippen LogP contribution in [0.15, 0.2) is 65.5 Å². The third-order valence-corrected chi connectivity index (χ3v) is 5.09. The lowest BCUT2D eigenvalue weighted by Gasteiger charge is -2.20. The first kappa shape index (κ1) is 20.3. The van der Waals surface area contributed by atoms with Crippen molar-refractivity contribution in [3.05, 3.63) is 77.0 Å². The fourth-order valence-electron chi connectivity index (χ4n) is 3.54. The first-order chi connectivity index (χ1) is 15.0. The number of benzene rings is 2. The van der Waals surface area contributed by atoms with Crippen LogP contribution >= 0.6 is 0 Å². The van der Waals surface area contributed by atoms with Crippen molar-refractivity contribution in [1.82, 2.24) is 19.2 Å². The number of hydrogen-bond acceptors (Lipinski definition) is 5. The highest BCUT2D eigenvalue weighted by molar-refractivity contribution is 5.93. The van der Waals surface area contributed by atoms with Crippen LogP contribution in [-0.4, -0.2) is 38.7 Å². The van der Waals surface area contributed by atoms with Gasteiger partial charge in [0.2, 0.25) is 5.91 Å². The smallest absolute Gasteiger partial charge is 0.352 e. The van der Waals surface area contributed by atoms with Crippen molar-refractivity contribution in [2.45, 2.75) is 20.4 Å². The van der Waals surface area contributed by atoms with Gasteiger partial charge in [-0.15, -0.1) is 5.10 Å². The number of fused-ring (bicyclic) bond motifs is 1. The van der Waals surface area contributed by atoms with E-state index in [2.05, 4.69) is 10.1 Å². The van der Waals surface area contributed by atoms with Gasteiger partial charge in [-0.05, 0) is 50.2 Å². The molecule has 8 nitrogen and oxygen atoms in total. The number of nitrogens with zero attached hydrogens (tertiary/aromatic N) is 5. The van der Waals surface area contributed by atoms with Crippen LogP contribution in [0.3, 0.4) is 0 Å². The quantitative estimate of drug-likeness (QED) is 0.482. The Kier molecular flexibility index (Phi) is 5.53. The van der Waals surface area contributed by atoms with E-state index in [9.17, 15) is 9.59 Å². The molecule has 0 aliphatic rings. The first-order valence-corrected chi connectivity index (χ1v) is 9.99. The van der Waals surface area contributed by atoms with Crippen molar-refractivity contribution < 1.29 is 9.53 Å². The molecular formula is C23H23N5O3. The molecule has 0 bridgehead atoms. The SMILES string of the molecule is CCN(C(=O)Cn1nc2cc(-c3ccc(OC)cc3)nc(C)n2c1=O)c1ccccc1. The van der Waals surface area contributed by atoms with Gasteiger partial charge in [-0.3, -0.25) is 4.79 Å². The standard InChI is InChI=1S/C23H23N5O3/c1-4-26(18-8-6-5-7-9-18)22(29)15-27-23(30)28-16(2)24-20(14-21(28)25-27)17-10-12-19(31-3)13-11-17/h5-14H,4,15H2,1-3H3. The zero-order valence-corrected chi connectivity index (χ0v) is 17.6. The number of aryl methyl sites for hydroxylation is 1. The Morgan fingerprint density at radius 2 is 1.81 bits per heavy atom. The molecular weight excluding hydrogens is 394 g/mol. The second-order valence-electron chi connectivity index (χ2n) is 7.02. The molecule has 0 radical (unpaired) electrons. The van der Waals surface area contributed by atoms with Gasteiger partial charge in [0.25, 0.3) is 0 Å². The number of carbonyl (C=O) groups excluding carboxylic acids is 1. The molecule has 1 amide bonds. The monoisotopic (exact) mass is 417 g/mol. The molecule has 0 aliphatic heterocycles. The van der Waals surface area contributed by atoms with Crippen LogP contribution in [0, 0.1) is 6.92 Å². The maximum absolute atomic E-state index is 12.9. The Labute approximate surface area is 179 Å². The summed E-state index contributed by atoms with van der Waals surface area (Å²) in [5.74, 6) is 1.04. The van der Waals surface area contributed by atoms with Gasteiger partial charge in [0.1, 0.15) is 18.1 Å². The summed E-state index contributed by atoms with van der Waals surface area (Å²) < 4.78 is 7.80. The molecule has 2 aromatic heterocycles. The second kappa shape index (κ2) is 8.43. The predicted molar refractivity (Wildman–Crippen MR) is 118 cm³/mol. The molecule has 2 heterocycles.